The molecule has 5 nitrogen and oxygen atoms in total. The third-order valence-electron chi connectivity index (χ3n) is 4.21. The van der Waals surface area contributed by atoms with E-state index in [1.807, 2.05) is 0 Å². The lowest BCUT2D eigenvalue weighted by Crippen LogP contribution is -2.25. The zero-order valence-electron chi connectivity index (χ0n) is 15.4. The molecule has 0 spiro atoms. The van der Waals surface area contributed by atoms with E-state index >= 15 is 0 Å². The lowest BCUT2D eigenvalue weighted by Gasteiger charge is -2.13. The van der Waals surface area contributed by atoms with Gasteiger partial charge in [-0.2, -0.15) is 0 Å². The summed E-state index contributed by atoms with van der Waals surface area (Å²) in [5.41, 5.74) is 0.974. The van der Waals surface area contributed by atoms with Crippen LogP contribution in [0.4, 0.5) is 27.6 Å². The van der Waals surface area contributed by atoms with Crippen molar-refractivity contribution in [1.29, 1.82) is 0 Å². The second-order valence-electron chi connectivity index (χ2n) is 6.40. The van der Waals surface area contributed by atoms with Crippen LogP contribution in [0.3, 0.4) is 0 Å². The number of alkyl halides is 5. The number of rotatable bonds is 4. The highest BCUT2D eigenvalue weighted by Crippen LogP contribution is 2.42. The van der Waals surface area contributed by atoms with E-state index in [4.69, 9.17) is 0 Å². The molecule has 1 aliphatic heterocycles. The van der Waals surface area contributed by atoms with Gasteiger partial charge < -0.3 is 19.5 Å². The molecule has 0 atom stereocenters. The molecule has 0 fully saturated rings. The summed E-state index contributed by atoms with van der Waals surface area (Å²) >= 11 is 0. The van der Waals surface area contributed by atoms with Gasteiger partial charge in [-0.25, -0.2) is 0 Å². The predicted molar refractivity (Wildman–Crippen MR) is 99.2 cm³/mol. The van der Waals surface area contributed by atoms with Crippen LogP contribution in [0.5, 0.6) is 17.2 Å². The molecule has 1 N–H and O–H groups in total. The average molecular weight is 437 g/mol. The van der Waals surface area contributed by atoms with Crippen molar-refractivity contribution in [2.75, 3.05) is 5.32 Å². The van der Waals surface area contributed by atoms with Crippen molar-refractivity contribution >= 4 is 11.6 Å². The summed E-state index contributed by atoms with van der Waals surface area (Å²) < 4.78 is 76.5. The number of fused-ring (bicyclic) bond motifs is 1. The molecular weight excluding hydrogens is 425 g/mol. The van der Waals surface area contributed by atoms with Crippen LogP contribution < -0.4 is 19.5 Å². The van der Waals surface area contributed by atoms with E-state index in [-0.39, 0.29) is 22.7 Å². The molecule has 160 valence electrons. The molecule has 3 aromatic rings. The maximum atomic E-state index is 13.2. The first-order valence-electron chi connectivity index (χ1n) is 8.76. The van der Waals surface area contributed by atoms with Crippen molar-refractivity contribution in [2.24, 2.45) is 0 Å². The molecule has 0 saturated heterocycles. The summed E-state index contributed by atoms with van der Waals surface area (Å²) in [5.74, 6) is -1.46. The molecule has 1 aliphatic rings. The molecule has 0 aromatic heterocycles. The minimum absolute atomic E-state index is 0.148. The second kappa shape index (κ2) is 7.46. The van der Waals surface area contributed by atoms with Crippen LogP contribution in [0.25, 0.3) is 11.1 Å². The van der Waals surface area contributed by atoms with Crippen molar-refractivity contribution in [1.82, 2.24) is 0 Å². The van der Waals surface area contributed by atoms with Crippen molar-refractivity contribution in [3.63, 3.8) is 0 Å². The fourth-order valence-corrected chi connectivity index (χ4v) is 3.02. The number of anilines is 1. The summed E-state index contributed by atoms with van der Waals surface area (Å²) in [6.07, 6.45) is -8.65. The predicted octanol–water partition coefficient (Wildman–Crippen LogP) is 5.83. The molecule has 1 amide bonds. The number of carbonyl (C=O) groups is 1. The molecule has 0 aliphatic carbocycles. The van der Waals surface area contributed by atoms with Gasteiger partial charge in [-0.3, -0.25) is 4.79 Å². The van der Waals surface area contributed by atoms with Crippen LogP contribution in [0.1, 0.15) is 10.4 Å². The van der Waals surface area contributed by atoms with Gasteiger partial charge in [0.25, 0.3) is 5.91 Å². The van der Waals surface area contributed by atoms with Gasteiger partial charge >= 0.3 is 12.7 Å². The van der Waals surface area contributed by atoms with Crippen LogP contribution in [-0.2, 0) is 0 Å². The summed E-state index contributed by atoms with van der Waals surface area (Å²) in [5, 5.41) is 2.55. The van der Waals surface area contributed by atoms with Crippen LogP contribution in [0, 0.1) is 0 Å². The number of carbonyl (C=O) groups excluding carboxylic acids is 1. The van der Waals surface area contributed by atoms with E-state index < -0.39 is 24.3 Å². The average Bonchev–Trinajstić information content (AvgIpc) is 3.00. The minimum atomic E-state index is -4.86. The van der Waals surface area contributed by atoms with Crippen molar-refractivity contribution in [3.8, 4) is 28.4 Å². The van der Waals surface area contributed by atoms with Gasteiger partial charge in [0, 0.05) is 17.3 Å². The third kappa shape index (κ3) is 4.68. The lowest BCUT2D eigenvalue weighted by molar-refractivity contribution is -0.286. The van der Waals surface area contributed by atoms with Gasteiger partial charge in [0.2, 0.25) is 0 Å². The lowest BCUT2D eigenvalue weighted by atomic mass is 9.99. The number of benzene rings is 3. The number of nitrogens with one attached hydrogen (secondary N) is 1. The number of ether oxygens (including phenoxy) is 3. The van der Waals surface area contributed by atoms with E-state index in [9.17, 15) is 26.7 Å². The molecule has 1 heterocycles. The smallest absolute Gasteiger partial charge is 0.406 e. The highest BCUT2D eigenvalue weighted by Gasteiger charge is 2.43. The van der Waals surface area contributed by atoms with Gasteiger partial charge in [0.1, 0.15) is 5.75 Å². The Hall–Kier alpha value is -3.82. The standard InChI is InChI=1S/C21H12F5NO4/c22-20(23,24)29-14-5-3-4-12(10-14)15-6-1-2-7-16(15)19(28)27-13-8-9-17-18(11-13)31-21(25,26)30-17/h1-11H,(H,27,28). The monoisotopic (exact) mass is 437 g/mol. The van der Waals surface area contributed by atoms with Crippen LogP contribution in [-0.4, -0.2) is 18.6 Å². The Balaban J connectivity index is 1.60. The summed E-state index contributed by atoms with van der Waals surface area (Å²) in [4.78, 5) is 12.8. The first-order valence-corrected chi connectivity index (χ1v) is 8.76. The molecule has 3 aromatic carbocycles. The Labute approximate surface area is 172 Å². The molecule has 0 radical (unpaired) electrons. The second-order valence-corrected chi connectivity index (χ2v) is 6.40. The van der Waals surface area contributed by atoms with Crippen LogP contribution in [0.2, 0.25) is 0 Å². The Kier molecular flexibility index (Phi) is 4.92. The zero-order valence-corrected chi connectivity index (χ0v) is 15.4. The molecule has 10 heteroatoms. The van der Waals surface area contributed by atoms with Crippen molar-refractivity contribution < 1.29 is 41.0 Å². The van der Waals surface area contributed by atoms with Gasteiger partial charge in [-0.1, -0.05) is 30.3 Å². The third-order valence-corrected chi connectivity index (χ3v) is 4.21. The maximum absolute atomic E-state index is 13.2. The highest BCUT2D eigenvalue weighted by atomic mass is 19.4. The summed E-state index contributed by atoms with van der Waals surface area (Å²) in [6, 6.07) is 15.2. The molecule has 31 heavy (non-hydrogen) atoms. The van der Waals surface area contributed by atoms with E-state index in [0.29, 0.717) is 11.1 Å². The maximum Gasteiger partial charge on any atom is 0.586 e. The number of halogens is 5. The first-order chi connectivity index (χ1) is 14.6. The van der Waals surface area contributed by atoms with E-state index in [1.54, 1.807) is 18.2 Å². The van der Waals surface area contributed by atoms with Gasteiger partial charge in [-0.15, -0.1) is 22.0 Å². The van der Waals surface area contributed by atoms with E-state index in [1.165, 1.54) is 36.4 Å². The Morgan fingerprint density at radius 2 is 1.65 bits per heavy atom. The van der Waals surface area contributed by atoms with E-state index in [0.717, 1.165) is 12.1 Å². The molecule has 4 rings (SSSR count). The van der Waals surface area contributed by atoms with Gasteiger partial charge in [-0.05, 0) is 41.5 Å². The normalized spacial score (nSPS) is 14.2. The minimum Gasteiger partial charge on any atom is -0.406 e. The first kappa shape index (κ1) is 20.5. The quantitative estimate of drug-likeness (QED) is 0.522. The Morgan fingerprint density at radius 3 is 2.42 bits per heavy atom. The Morgan fingerprint density at radius 1 is 0.903 bits per heavy atom. The topological polar surface area (TPSA) is 56.8 Å². The van der Waals surface area contributed by atoms with Crippen molar-refractivity contribution in [2.45, 2.75) is 12.7 Å². The largest absolute Gasteiger partial charge is 0.586 e. The fourth-order valence-electron chi connectivity index (χ4n) is 3.02. The zero-order chi connectivity index (χ0) is 22.2. The highest BCUT2D eigenvalue weighted by molar-refractivity contribution is 6.08. The van der Waals surface area contributed by atoms with Crippen LogP contribution >= 0.6 is 0 Å². The Bertz CT molecular complexity index is 1150. The van der Waals surface area contributed by atoms with Gasteiger partial charge in [0.15, 0.2) is 11.5 Å². The summed E-state index contributed by atoms with van der Waals surface area (Å²) in [6.45, 7) is 0. The fraction of sp³-hybridized carbons (Fsp3) is 0.0952. The molecule has 0 saturated carbocycles. The SMILES string of the molecule is O=C(Nc1ccc2c(c1)OC(F)(F)O2)c1ccccc1-c1cccc(OC(F)(F)F)c1. The van der Waals surface area contributed by atoms with Gasteiger partial charge in [0.05, 0.1) is 0 Å². The van der Waals surface area contributed by atoms with Crippen LogP contribution in [0.15, 0.2) is 66.7 Å². The molecule has 0 bridgehead atoms. The number of hydrogen-bond acceptors (Lipinski definition) is 4. The molecule has 0 unspecified atom stereocenters. The number of hydrogen-bond donors (Lipinski definition) is 1. The van der Waals surface area contributed by atoms with Crippen molar-refractivity contribution in [3.05, 3.63) is 72.3 Å². The summed E-state index contributed by atoms with van der Waals surface area (Å²) in [7, 11) is 0. The molecular formula is C21H12F5NO4. The van der Waals surface area contributed by atoms with E-state index in [2.05, 4.69) is 19.5 Å². The number of amides is 1.